The van der Waals surface area contributed by atoms with Crippen LogP contribution in [0.1, 0.15) is 30.1 Å². The van der Waals surface area contributed by atoms with E-state index in [0.29, 0.717) is 0 Å². The Labute approximate surface area is 96.5 Å². The maximum absolute atomic E-state index is 12.1. The van der Waals surface area contributed by atoms with Crippen LogP contribution in [0, 0.1) is 5.92 Å². The summed E-state index contributed by atoms with van der Waals surface area (Å²) >= 11 is 0. The van der Waals surface area contributed by atoms with Crippen molar-refractivity contribution < 1.29 is 4.79 Å². The highest BCUT2D eigenvalue weighted by Crippen LogP contribution is 2.21. The summed E-state index contributed by atoms with van der Waals surface area (Å²) in [5.74, 6) is 0.468. The van der Waals surface area contributed by atoms with Gasteiger partial charge in [-0.05, 0) is 44.6 Å². The normalized spacial score (nSPS) is 18.6. The molecule has 16 heavy (non-hydrogen) atoms. The van der Waals surface area contributed by atoms with Gasteiger partial charge >= 0.3 is 0 Å². The van der Waals surface area contributed by atoms with Gasteiger partial charge < -0.3 is 4.90 Å². The van der Waals surface area contributed by atoms with E-state index >= 15 is 0 Å². The standard InChI is InChI=1S/C13H18N2O/c1-2-15-8-5-11(6-9-15)13(16)12-4-3-7-14-10-12/h3-4,7,10-11H,2,5-6,8-9H2,1H3. The van der Waals surface area contributed by atoms with Gasteiger partial charge in [-0.2, -0.15) is 0 Å². The molecule has 3 nitrogen and oxygen atoms in total. The van der Waals surface area contributed by atoms with Gasteiger partial charge in [0.1, 0.15) is 0 Å². The molecule has 0 spiro atoms. The molecule has 0 N–H and O–H groups in total. The van der Waals surface area contributed by atoms with Gasteiger partial charge in [0.05, 0.1) is 0 Å². The lowest BCUT2D eigenvalue weighted by atomic mass is 9.89. The Bertz CT molecular complexity index is 342. The molecule has 1 aromatic heterocycles. The molecule has 3 heteroatoms. The minimum atomic E-state index is 0.201. The average molecular weight is 218 g/mol. The first kappa shape index (κ1) is 11.3. The van der Waals surface area contributed by atoms with Crippen molar-refractivity contribution in [1.29, 1.82) is 0 Å². The van der Waals surface area contributed by atoms with Crippen LogP contribution in [-0.2, 0) is 0 Å². The number of likely N-dealkylation sites (tertiary alicyclic amines) is 1. The molecular weight excluding hydrogens is 200 g/mol. The summed E-state index contributed by atoms with van der Waals surface area (Å²) in [6, 6.07) is 3.69. The Kier molecular flexibility index (Phi) is 3.67. The summed E-state index contributed by atoms with van der Waals surface area (Å²) in [5.41, 5.74) is 0.762. The fourth-order valence-corrected chi connectivity index (χ4v) is 2.26. The largest absolute Gasteiger partial charge is 0.304 e. The molecular formula is C13H18N2O. The highest BCUT2D eigenvalue weighted by molar-refractivity contribution is 5.97. The molecule has 1 saturated heterocycles. The summed E-state index contributed by atoms with van der Waals surface area (Å²) in [6.45, 7) is 5.36. The van der Waals surface area contributed by atoms with Crippen molar-refractivity contribution in [3.05, 3.63) is 30.1 Å². The van der Waals surface area contributed by atoms with Gasteiger partial charge in [-0.15, -0.1) is 0 Å². The molecule has 0 bridgehead atoms. The highest BCUT2D eigenvalue weighted by atomic mass is 16.1. The van der Waals surface area contributed by atoms with Crippen LogP contribution >= 0.6 is 0 Å². The first-order valence-electron chi connectivity index (χ1n) is 5.98. The fourth-order valence-electron chi connectivity index (χ4n) is 2.26. The van der Waals surface area contributed by atoms with E-state index in [-0.39, 0.29) is 11.7 Å². The molecule has 1 aliphatic rings. The molecule has 1 aromatic rings. The monoisotopic (exact) mass is 218 g/mol. The molecule has 0 saturated carbocycles. The van der Waals surface area contributed by atoms with Gasteiger partial charge in [-0.3, -0.25) is 9.78 Å². The molecule has 0 radical (unpaired) electrons. The van der Waals surface area contributed by atoms with Crippen molar-refractivity contribution in [3.8, 4) is 0 Å². The minimum absolute atomic E-state index is 0.201. The number of Topliss-reactive ketones (excluding diaryl/α,β-unsaturated/α-hetero) is 1. The van der Waals surface area contributed by atoms with Crippen molar-refractivity contribution in [2.45, 2.75) is 19.8 Å². The van der Waals surface area contributed by atoms with Crippen LogP contribution in [0.5, 0.6) is 0 Å². The number of piperidine rings is 1. The topological polar surface area (TPSA) is 33.2 Å². The quantitative estimate of drug-likeness (QED) is 0.727. The molecule has 2 rings (SSSR count). The van der Waals surface area contributed by atoms with Crippen LogP contribution in [-0.4, -0.2) is 35.3 Å². The van der Waals surface area contributed by atoms with Crippen LogP contribution in [0.25, 0.3) is 0 Å². The van der Waals surface area contributed by atoms with E-state index in [1.54, 1.807) is 12.4 Å². The average Bonchev–Trinajstić information content (AvgIpc) is 2.39. The summed E-state index contributed by atoms with van der Waals surface area (Å²) < 4.78 is 0. The van der Waals surface area contributed by atoms with Gasteiger partial charge in [0.2, 0.25) is 0 Å². The third-order valence-electron chi connectivity index (χ3n) is 3.35. The van der Waals surface area contributed by atoms with E-state index in [9.17, 15) is 4.79 Å². The maximum Gasteiger partial charge on any atom is 0.167 e. The number of ketones is 1. The zero-order chi connectivity index (χ0) is 11.4. The summed E-state index contributed by atoms with van der Waals surface area (Å²) in [5, 5.41) is 0. The van der Waals surface area contributed by atoms with Gasteiger partial charge in [-0.1, -0.05) is 6.92 Å². The van der Waals surface area contributed by atoms with Crippen LogP contribution in [0.4, 0.5) is 0 Å². The van der Waals surface area contributed by atoms with Crippen molar-refractivity contribution in [3.63, 3.8) is 0 Å². The number of rotatable bonds is 3. The molecule has 0 unspecified atom stereocenters. The van der Waals surface area contributed by atoms with E-state index in [1.807, 2.05) is 12.1 Å². The second kappa shape index (κ2) is 5.21. The number of pyridine rings is 1. The molecule has 0 amide bonds. The summed E-state index contributed by atoms with van der Waals surface area (Å²) in [6.07, 6.45) is 5.36. The second-order valence-corrected chi connectivity index (χ2v) is 4.31. The molecule has 0 aromatic carbocycles. The first-order valence-corrected chi connectivity index (χ1v) is 5.98. The van der Waals surface area contributed by atoms with E-state index in [1.165, 1.54) is 0 Å². The molecule has 0 aliphatic carbocycles. The van der Waals surface area contributed by atoms with Crippen LogP contribution in [0.3, 0.4) is 0 Å². The number of nitrogens with zero attached hydrogens (tertiary/aromatic N) is 2. The number of aromatic nitrogens is 1. The molecule has 1 aliphatic heterocycles. The Morgan fingerprint density at radius 3 is 2.81 bits per heavy atom. The number of carbonyl (C=O) groups is 1. The van der Waals surface area contributed by atoms with Crippen LogP contribution < -0.4 is 0 Å². The summed E-state index contributed by atoms with van der Waals surface area (Å²) in [4.78, 5) is 18.5. The first-order chi connectivity index (χ1) is 7.81. The van der Waals surface area contributed by atoms with Crippen molar-refractivity contribution >= 4 is 5.78 Å². The van der Waals surface area contributed by atoms with Gasteiger partial charge in [-0.25, -0.2) is 0 Å². The van der Waals surface area contributed by atoms with Crippen molar-refractivity contribution in [2.24, 2.45) is 5.92 Å². The molecule has 1 fully saturated rings. The predicted molar refractivity (Wildman–Crippen MR) is 63.4 cm³/mol. The van der Waals surface area contributed by atoms with E-state index in [0.717, 1.165) is 38.0 Å². The third-order valence-corrected chi connectivity index (χ3v) is 3.35. The zero-order valence-electron chi connectivity index (χ0n) is 9.72. The van der Waals surface area contributed by atoms with E-state index < -0.39 is 0 Å². The van der Waals surface area contributed by atoms with Crippen molar-refractivity contribution in [2.75, 3.05) is 19.6 Å². The van der Waals surface area contributed by atoms with Crippen LogP contribution in [0.15, 0.2) is 24.5 Å². The Hall–Kier alpha value is -1.22. The van der Waals surface area contributed by atoms with E-state index in [2.05, 4.69) is 16.8 Å². The lowest BCUT2D eigenvalue weighted by Gasteiger charge is -2.30. The Morgan fingerprint density at radius 2 is 2.25 bits per heavy atom. The smallest absolute Gasteiger partial charge is 0.167 e. The van der Waals surface area contributed by atoms with Gasteiger partial charge in [0.25, 0.3) is 0 Å². The molecule has 0 atom stereocenters. The Morgan fingerprint density at radius 1 is 1.50 bits per heavy atom. The molecule has 2 heterocycles. The van der Waals surface area contributed by atoms with Crippen LogP contribution in [0.2, 0.25) is 0 Å². The van der Waals surface area contributed by atoms with E-state index in [4.69, 9.17) is 0 Å². The zero-order valence-corrected chi connectivity index (χ0v) is 9.72. The number of hydrogen-bond donors (Lipinski definition) is 0. The second-order valence-electron chi connectivity index (χ2n) is 4.31. The SMILES string of the molecule is CCN1CCC(C(=O)c2cccnc2)CC1. The fraction of sp³-hybridized carbons (Fsp3) is 0.538. The Balaban J connectivity index is 1.97. The molecule has 86 valence electrons. The van der Waals surface area contributed by atoms with Crippen molar-refractivity contribution in [1.82, 2.24) is 9.88 Å². The van der Waals surface area contributed by atoms with Gasteiger partial charge in [0, 0.05) is 23.9 Å². The number of carbonyl (C=O) groups excluding carboxylic acids is 1. The minimum Gasteiger partial charge on any atom is -0.304 e. The van der Waals surface area contributed by atoms with Gasteiger partial charge in [0.15, 0.2) is 5.78 Å². The number of hydrogen-bond acceptors (Lipinski definition) is 3. The lowest BCUT2D eigenvalue weighted by Crippen LogP contribution is -2.36. The highest BCUT2D eigenvalue weighted by Gasteiger charge is 2.24. The lowest BCUT2D eigenvalue weighted by molar-refractivity contribution is 0.0844. The summed E-state index contributed by atoms with van der Waals surface area (Å²) in [7, 11) is 0. The third kappa shape index (κ3) is 2.47. The maximum atomic E-state index is 12.1. The predicted octanol–water partition coefficient (Wildman–Crippen LogP) is 2.00.